The van der Waals surface area contributed by atoms with Crippen LogP contribution in [0.5, 0.6) is 0 Å². The Hall–Kier alpha value is 0.360. The first-order valence-electron chi connectivity index (χ1n) is 11.1. The maximum Gasteiger partial charge on any atom is 0.105 e. The van der Waals surface area contributed by atoms with E-state index in [1.165, 1.54) is 83.5 Å². The molecule has 0 aliphatic heterocycles. The first-order chi connectivity index (χ1) is 12.0. The minimum Gasteiger partial charge on any atom is -1.00 e. The molecular weight excluding hydrogens is 390 g/mol. The second-order valence-electron chi connectivity index (χ2n) is 8.60. The first-order valence-corrected chi connectivity index (χ1v) is 11.1. The van der Waals surface area contributed by atoms with Gasteiger partial charge in [-0.25, -0.2) is 0 Å². The summed E-state index contributed by atoms with van der Waals surface area (Å²) in [5.41, 5.74) is 0. The van der Waals surface area contributed by atoms with Crippen LogP contribution >= 0.6 is 0 Å². The summed E-state index contributed by atoms with van der Waals surface area (Å²) < 4.78 is 0.705. The van der Waals surface area contributed by atoms with Crippen molar-refractivity contribution < 1.29 is 31.7 Å². The van der Waals surface area contributed by atoms with Crippen molar-refractivity contribution in [1.29, 1.82) is 0 Å². The topological polar surface area (TPSA) is 40.5 Å². The molecule has 2 N–H and O–H groups in total. The average molecular weight is 439 g/mol. The van der Waals surface area contributed by atoms with E-state index in [-0.39, 0.29) is 29.7 Å². The van der Waals surface area contributed by atoms with Crippen molar-refractivity contribution in [1.82, 2.24) is 0 Å². The Labute approximate surface area is 174 Å². The largest absolute Gasteiger partial charge is 1.00 e. The summed E-state index contributed by atoms with van der Waals surface area (Å²) in [5.74, 6) is 0. The van der Waals surface area contributed by atoms with Gasteiger partial charge in [0.2, 0.25) is 0 Å². The molecule has 0 aliphatic carbocycles. The predicted octanol–water partition coefficient (Wildman–Crippen LogP) is 2.29. The van der Waals surface area contributed by atoms with Crippen molar-refractivity contribution in [3.8, 4) is 0 Å². The minimum atomic E-state index is -0.223. The number of hydrogen-bond acceptors (Lipinski definition) is 2. The number of hydrogen-bond donors (Lipinski definition) is 2. The molecule has 0 rings (SSSR count). The molecule has 0 saturated heterocycles. The van der Waals surface area contributed by atoms with Crippen LogP contribution < -0.4 is 17.0 Å². The van der Waals surface area contributed by atoms with E-state index in [1.54, 1.807) is 0 Å². The van der Waals surface area contributed by atoms with E-state index in [0.29, 0.717) is 4.48 Å². The molecule has 26 heavy (non-hydrogen) atoms. The van der Waals surface area contributed by atoms with Crippen LogP contribution in [0.1, 0.15) is 103 Å². The van der Waals surface area contributed by atoms with E-state index in [9.17, 15) is 5.11 Å². The highest BCUT2D eigenvalue weighted by atomic mass is 79.9. The second-order valence-corrected chi connectivity index (χ2v) is 8.60. The molecule has 3 nitrogen and oxygen atoms in total. The van der Waals surface area contributed by atoms with E-state index in [0.717, 1.165) is 25.9 Å². The van der Waals surface area contributed by atoms with Gasteiger partial charge in [0.15, 0.2) is 0 Å². The van der Waals surface area contributed by atoms with E-state index < -0.39 is 0 Å². The molecular formula is C22H48BrNO2. The van der Waals surface area contributed by atoms with E-state index in [1.807, 2.05) is 0 Å². The number of nitrogens with zero attached hydrogens (tertiary/aromatic N) is 1. The summed E-state index contributed by atoms with van der Waals surface area (Å²) in [7, 11) is 4.15. The molecule has 0 spiro atoms. The molecule has 1 unspecified atom stereocenters. The van der Waals surface area contributed by atoms with Gasteiger partial charge in [0, 0.05) is 0 Å². The van der Waals surface area contributed by atoms with Crippen LogP contribution in [0.3, 0.4) is 0 Å². The summed E-state index contributed by atoms with van der Waals surface area (Å²) in [6, 6.07) is 0. The summed E-state index contributed by atoms with van der Waals surface area (Å²) in [6.07, 6.45) is 19.9. The molecule has 0 aromatic carbocycles. The Kier molecular flexibility index (Phi) is 22.1. The Balaban J connectivity index is 0. The van der Waals surface area contributed by atoms with Crippen LogP contribution in [0.15, 0.2) is 0 Å². The van der Waals surface area contributed by atoms with Crippen molar-refractivity contribution in [3.05, 3.63) is 0 Å². The van der Waals surface area contributed by atoms with Gasteiger partial charge >= 0.3 is 0 Å². The lowest BCUT2D eigenvalue weighted by molar-refractivity contribution is -0.893. The Morgan fingerprint density at radius 2 is 1.08 bits per heavy atom. The summed E-state index contributed by atoms with van der Waals surface area (Å²) in [5, 5.41) is 19.1. The fraction of sp³-hybridized carbons (Fsp3) is 1.00. The second kappa shape index (κ2) is 20.1. The van der Waals surface area contributed by atoms with Gasteiger partial charge in [0.05, 0.1) is 20.7 Å². The molecule has 0 amide bonds. The highest BCUT2D eigenvalue weighted by molar-refractivity contribution is 4.56. The van der Waals surface area contributed by atoms with Crippen LogP contribution in [0.4, 0.5) is 0 Å². The molecule has 0 aliphatic rings. The lowest BCUT2D eigenvalue weighted by atomic mass is 10.0. The third-order valence-electron chi connectivity index (χ3n) is 5.30. The van der Waals surface area contributed by atoms with Gasteiger partial charge in [-0.3, -0.25) is 0 Å². The van der Waals surface area contributed by atoms with E-state index in [2.05, 4.69) is 21.0 Å². The number of quaternary nitrogens is 1. The maximum absolute atomic E-state index is 10.1. The SMILES string of the molecule is CCCCCCCCCCCCCCCCC(O)C[N+](C)(C)CCO.[Br-]. The number of aliphatic hydroxyl groups is 2. The predicted molar refractivity (Wildman–Crippen MR) is 110 cm³/mol. The normalized spacial score (nSPS) is 12.8. The van der Waals surface area contributed by atoms with Gasteiger partial charge < -0.3 is 31.7 Å². The first kappa shape index (κ1) is 28.6. The highest BCUT2D eigenvalue weighted by Crippen LogP contribution is 2.14. The van der Waals surface area contributed by atoms with Gasteiger partial charge in [0.1, 0.15) is 19.2 Å². The maximum atomic E-state index is 10.1. The number of unbranched alkanes of at least 4 members (excludes halogenated alkanes) is 13. The van der Waals surface area contributed by atoms with Gasteiger partial charge in [-0.05, 0) is 6.42 Å². The molecule has 0 heterocycles. The van der Waals surface area contributed by atoms with Gasteiger partial charge in [-0.1, -0.05) is 96.8 Å². The lowest BCUT2D eigenvalue weighted by Crippen LogP contribution is -3.00. The molecule has 0 radical (unpaired) electrons. The van der Waals surface area contributed by atoms with Gasteiger partial charge in [0.25, 0.3) is 0 Å². The van der Waals surface area contributed by atoms with Crippen LogP contribution in [0.2, 0.25) is 0 Å². The molecule has 0 fully saturated rings. The van der Waals surface area contributed by atoms with Crippen LogP contribution in [0, 0.1) is 0 Å². The monoisotopic (exact) mass is 437 g/mol. The molecule has 4 heteroatoms. The summed E-state index contributed by atoms with van der Waals surface area (Å²) >= 11 is 0. The van der Waals surface area contributed by atoms with E-state index >= 15 is 0 Å². The third-order valence-corrected chi connectivity index (χ3v) is 5.30. The van der Waals surface area contributed by atoms with E-state index in [4.69, 9.17) is 5.11 Å². The quantitative estimate of drug-likeness (QED) is 0.240. The number of likely N-dealkylation sites (N-methyl/N-ethyl adjacent to an activating group) is 1. The Morgan fingerprint density at radius 3 is 1.46 bits per heavy atom. The van der Waals surface area contributed by atoms with Crippen molar-refractivity contribution in [3.63, 3.8) is 0 Å². The summed E-state index contributed by atoms with van der Waals surface area (Å²) in [4.78, 5) is 0. The van der Waals surface area contributed by atoms with Crippen molar-refractivity contribution >= 4 is 0 Å². The molecule has 0 bridgehead atoms. The molecule has 0 aromatic heterocycles. The zero-order valence-electron chi connectivity index (χ0n) is 18.0. The number of aliphatic hydroxyl groups excluding tert-OH is 2. The highest BCUT2D eigenvalue weighted by Gasteiger charge is 2.19. The third kappa shape index (κ3) is 20.7. The van der Waals surface area contributed by atoms with Crippen molar-refractivity contribution in [2.45, 2.75) is 109 Å². The van der Waals surface area contributed by atoms with Crippen LogP contribution in [0.25, 0.3) is 0 Å². The zero-order valence-corrected chi connectivity index (χ0v) is 19.6. The molecule has 1 atom stereocenters. The fourth-order valence-electron chi connectivity index (χ4n) is 3.60. The molecule has 0 saturated carbocycles. The molecule has 0 aromatic rings. The van der Waals surface area contributed by atoms with Crippen molar-refractivity contribution in [2.24, 2.45) is 0 Å². The number of halogens is 1. The fourth-order valence-corrected chi connectivity index (χ4v) is 3.60. The van der Waals surface area contributed by atoms with Gasteiger partial charge in [-0.15, -0.1) is 0 Å². The standard InChI is InChI=1S/C22H48NO2.BrH/c1-4-5-6-7-8-9-10-11-12-13-14-15-16-17-18-22(25)21-23(2,3)19-20-24;/h22,24-25H,4-21H2,1-3H3;1H/q+1;/p-1. The Bertz CT molecular complexity index is 275. The Morgan fingerprint density at radius 1 is 0.692 bits per heavy atom. The lowest BCUT2D eigenvalue weighted by Gasteiger charge is -2.31. The zero-order chi connectivity index (χ0) is 18.8. The van der Waals surface area contributed by atoms with Crippen LogP contribution in [-0.4, -0.2) is 54.6 Å². The minimum absolute atomic E-state index is 0. The average Bonchev–Trinajstić information content (AvgIpc) is 2.54. The summed E-state index contributed by atoms with van der Waals surface area (Å²) in [6.45, 7) is 3.94. The smallest absolute Gasteiger partial charge is 0.105 e. The van der Waals surface area contributed by atoms with Crippen molar-refractivity contribution in [2.75, 3.05) is 33.8 Å². The molecule has 160 valence electrons. The van der Waals surface area contributed by atoms with Gasteiger partial charge in [-0.2, -0.15) is 0 Å². The van der Waals surface area contributed by atoms with Crippen LogP contribution in [-0.2, 0) is 0 Å². The number of rotatable bonds is 19.